The third-order valence-electron chi connectivity index (χ3n) is 2.89. The summed E-state index contributed by atoms with van der Waals surface area (Å²) in [4.78, 5) is 10.8. The lowest BCUT2D eigenvalue weighted by atomic mass is 9.60. The molecule has 1 aliphatic heterocycles. The number of aromatic carboxylic acids is 1. The molecule has 0 aromatic heterocycles. The molecule has 86 valence electrons. The third kappa shape index (κ3) is 1.66. The molecule has 1 heterocycles. The third-order valence-corrected chi connectivity index (χ3v) is 2.89. The molecule has 1 aromatic carbocycles. The maximum absolute atomic E-state index is 10.8. The van der Waals surface area contributed by atoms with Gasteiger partial charge in [0.1, 0.15) is 0 Å². The predicted molar refractivity (Wildman–Crippen MR) is 54.7 cm³/mol. The summed E-state index contributed by atoms with van der Waals surface area (Å²) < 4.78 is 4.98. The van der Waals surface area contributed by atoms with E-state index in [2.05, 4.69) is 0 Å². The first-order chi connectivity index (χ1) is 7.42. The van der Waals surface area contributed by atoms with Gasteiger partial charge >= 0.3 is 6.75 Å². The highest BCUT2D eigenvalue weighted by atomic mass is 16.6. The van der Waals surface area contributed by atoms with Gasteiger partial charge in [-0.2, -0.15) is 0 Å². The van der Waals surface area contributed by atoms with Crippen molar-refractivity contribution in [1.82, 2.24) is 0 Å². The summed E-state index contributed by atoms with van der Waals surface area (Å²) in [5, 5.41) is 30.0. The molecular weight excluding hydrogens is 211 g/mol. The standard InChI is InChI=1S/C10H12BO5/c1-6-5-7-3-2-4-8(10(12)13)9(7)16-11(6,14)15/h2-4,6,14-15H,5H2,1H3,(H,12,13)/q-1/p-1/t6-/m0/s1. The van der Waals surface area contributed by atoms with Crippen molar-refractivity contribution < 1.29 is 24.6 Å². The van der Waals surface area contributed by atoms with Crippen LogP contribution < -0.4 is 9.76 Å². The lowest BCUT2D eigenvalue weighted by Gasteiger charge is -2.42. The average Bonchev–Trinajstić information content (AvgIpc) is 2.18. The second-order valence-corrected chi connectivity index (χ2v) is 4.14. The summed E-state index contributed by atoms with van der Waals surface area (Å²) in [6.07, 6.45) is 0.365. The Labute approximate surface area is 92.3 Å². The molecule has 1 aromatic rings. The Balaban J connectivity index is 2.52. The Morgan fingerprint density at radius 3 is 2.88 bits per heavy atom. The number of para-hydroxylation sites is 1. The van der Waals surface area contributed by atoms with Crippen LogP contribution in [0.4, 0.5) is 0 Å². The Hall–Kier alpha value is -1.53. The molecule has 0 amide bonds. The van der Waals surface area contributed by atoms with E-state index in [9.17, 15) is 19.9 Å². The largest absolute Gasteiger partial charge is 0.669 e. The molecule has 0 radical (unpaired) electrons. The SMILES string of the molecule is C[C@H]1Cc2cccc(C(=O)[O-])c2O[B-]1(O)O. The second-order valence-electron chi connectivity index (χ2n) is 4.14. The van der Waals surface area contributed by atoms with Gasteiger partial charge in [-0.3, -0.25) is 0 Å². The van der Waals surface area contributed by atoms with Crippen LogP contribution in [0.2, 0.25) is 5.82 Å². The number of rotatable bonds is 1. The van der Waals surface area contributed by atoms with Gasteiger partial charge in [0.05, 0.1) is 11.7 Å². The highest BCUT2D eigenvalue weighted by Crippen LogP contribution is 2.37. The first-order valence-corrected chi connectivity index (χ1v) is 5.03. The number of carbonyl (C=O) groups excluding carboxylic acids is 1. The van der Waals surface area contributed by atoms with Crippen LogP contribution in [0.15, 0.2) is 18.2 Å². The van der Waals surface area contributed by atoms with Gasteiger partial charge in [-0.1, -0.05) is 24.9 Å². The fourth-order valence-corrected chi connectivity index (χ4v) is 1.84. The molecule has 0 saturated carbocycles. The van der Waals surface area contributed by atoms with Gasteiger partial charge in [-0.05, 0) is 18.1 Å². The zero-order valence-corrected chi connectivity index (χ0v) is 8.71. The van der Waals surface area contributed by atoms with Crippen LogP contribution in [0.25, 0.3) is 0 Å². The Morgan fingerprint density at radius 1 is 1.56 bits per heavy atom. The van der Waals surface area contributed by atoms with Gasteiger partial charge in [0.2, 0.25) is 0 Å². The Bertz CT molecular complexity index is 443. The summed E-state index contributed by atoms with van der Waals surface area (Å²) in [6, 6.07) is 4.59. The number of hydrogen-bond donors (Lipinski definition) is 2. The molecule has 0 aliphatic carbocycles. The van der Waals surface area contributed by atoms with Gasteiger partial charge in [-0.15, -0.1) is 0 Å². The smallest absolute Gasteiger partial charge is 0.433 e. The van der Waals surface area contributed by atoms with E-state index in [0.717, 1.165) is 0 Å². The lowest BCUT2D eigenvalue weighted by molar-refractivity contribution is -0.255. The maximum Gasteiger partial charge on any atom is 0.433 e. The van der Waals surface area contributed by atoms with Crippen LogP contribution in [0, 0.1) is 0 Å². The van der Waals surface area contributed by atoms with Gasteiger partial charge < -0.3 is 24.6 Å². The molecule has 0 spiro atoms. The van der Waals surface area contributed by atoms with E-state index in [1.807, 2.05) is 0 Å². The van der Waals surface area contributed by atoms with Crippen molar-refractivity contribution in [2.45, 2.75) is 19.2 Å². The zero-order chi connectivity index (χ0) is 11.9. The summed E-state index contributed by atoms with van der Waals surface area (Å²) in [7, 11) is 0. The first-order valence-electron chi connectivity index (χ1n) is 5.03. The zero-order valence-electron chi connectivity index (χ0n) is 8.71. The van der Waals surface area contributed by atoms with Crippen LogP contribution in [0.3, 0.4) is 0 Å². The van der Waals surface area contributed by atoms with Crippen LogP contribution in [0.1, 0.15) is 22.8 Å². The minimum absolute atomic E-state index is 0.00519. The number of benzene rings is 1. The number of hydrogen-bond acceptors (Lipinski definition) is 5. The molecule has 6 heteroatoms. The van der Waals surface area contributed by atoms with E-state index in [-0.39, 0.29) is 11.3 Å². The van der Waals surface area contributed by atoms with Crippen molar-refractivity contribution in [2.24, 2.45) is 0 Å². The van der Waals surface area contributed by atoms with E-state index < -0.39 is 18.5 Å². The molecule has 0 unspecified atom stereocenters. The van der Waals surface area contributed by atoms with Gasteiger partial charge in [0.25, 0.3) is 0 Å². The fraction of sp³-hybridized carbons (Fsp3) is 0.300. The van der Waals surface area contributed by atoms with E-state index in [4.69, 9.17) is 4.65 Å². The topological polar surface area (TPSA) is 89.8 Å². The van der Waals surface area contributed by atoms with Crippen molar-refractivity contribution in [3.8, 4) is 5.75 Å². The van der Waals surface area contributed by atoms with Crippen molar-refractivity contribution in [2.75, 3.05) is 0 Å². The van der Waals surface area contributed by atoms with E-state index >= 15 is 0 Å². The molecule has 0 fully saturated rings. The van der Waals surface area contributed by atoms with Crippen molar-refractivity contribution in [3.05, 3.63) is 29.3 Å². The molecule has 1 aliphatic rings. The molecule has 0 saturated heterocycles. The molecule has 1 atom stereocenters. The van der Waals surface area contributed by atoms with Crippen LogP contribution in [-0.2, 0) is 6.42 Å². The summed E-state index contributed by atoms with van der Waals surface area (Å²) in [6.45, 7) is -1.37. The van der Waals surface area contributed by atoms with E-state index in [0.29, 0.717) is 12.0 Å². The predicted octanol–water partition coefficient (Wildman–Crippen LogP) is -0.701. The number of fused-ring (bicyclic) bond motifs is 1. The summed E-state index contributed by atoms with van der Waals surface area (Å²) >= 11 is 0. The first kappa shape index (κ1) is 11.0. The highest BCUT2D eigenvalue weighted by molar-refractivity contribution is 6.60. The average molecular weight is 222 g/mol. The Morgan fingerprint density at radius 2 is 2.25 bits per heavy atom. The Kier molecular flexibility index (Phi) is 2.40. The molecule has 2 N–H and O–H groups in total. The highest BCUT2D eigenvalue weighted by Gasteiger charge is 2.36. The van der Waals surface area contributed by atoms with Gasteiger partial charge in [-0.25, -0.2) is 0 Å². The number of carboxylic acids is 1. The maximum atomic E-state index is 10.8. The number of carboxylic acid groups (broad SMARTS) is 1. The van der Waals surface area contributed by atoms with Crippen molar-refractivity contribution in [1.29, 1.82) is 0 Å². The summed E-state index contributed by atoms with van der Waals surface area (Å²) in [5.41, 5.74) is 0.494. The van der Waals surface area contributed by atoms with E-state index in [1.54, 1.807) is 19.1 Å². The summed E-state index contributed by atoms with van der Waals surface area (Å²) in [5.74, 6) is -1.85. The normalized spacial score (nSPS) is 22.1. The molecule has 16 heavy (non-hydrogen) atoms. The molecule has 0 bridgehead atoms. The lowest BCUT2D eigenvalue weighted by Crippen LogP contribution is -2.50. The van der Waals surface area contributed by atoms with Crippen molar-refractivity contribution >= 4 is 12.7 Å². The quantitative estimate of drug-likeness (QED) is 0.613. The monoisotopic (exact) mass is 222 g/mol. The van der Waals surface area contributed by atoms with Crippen LogP contribution in [0.5, 0.6) is 5.75 Å². The van der Waals surface area contributed by atoms with E-state index in [1.165, 1.54) is 6.07 Å². The second kappa shape index (κ2) is 3.50. The van der Waals surface area contributed by atoms with Crippen molar-refractivity contribution in [3.63, 3.8) is 0 Å². The minimum atomic E-state index is -3.00. The van der Waals surface area contributed by atoms with Crippen LogP contribution in [-0.4, -0.2) is 22.8 Å². The van der Waals surface area contributed by atoms with Gasteiger partial charge in [0.15, 0.2) is 0 Å². The molecular formula is C10H11BO5-2. The molecule has 5 nitrogen and oxygen atoms in total. The van der Waals surface area contributed by atoms with Gasteiger partial charge in [0, 0.05) is 5.56 Å². The van der Waals surface area contributed by atoms with Crippen LogP contribution >= 0.6 is 0 Å². The molecule has 2 rings (SSSR count). The number of carbonyl (C=O) groups is 1. The fourth-order valence-electron chi connectivity index (χ4n) is 1.84. The minimum Gasteiger partial charge on any atom is -0.669 e.